The van der Waals surface area contributed by atoms with Crippen LogP contribution in [0.1, 0.15) is 12.5 Å². The highest BCUT2D eigenvalue weighted by atomic mass is 32.2. The maximum Gasteiger partial charge on any atom is 0.338 e. The molecule has 0 saturated heterocycles. The fraction of sp³-hybridized carbons (Fsp3) is 0.200. The molecule has 1 rings (SSSR count). The lowest BCUT2D eigenvalue weighted by Crippen LogP contribution is -2.01. The first kappa shape index (κ1) is 10.8. The van der Waals surface area contributed by atoms with Gasteiger partial charge < -0.3 is 4.18 Å². The lowest BCUT2D eigenvalue weighted by molar-refractivity contribution is 0.443. The van der Waals surface area contributed by atoms with Crippen LogP contribution in [0.4, 0.5) is 0 Å². The zero-order valence-electron chi connectivity index (χ0n) is 8.10. The topological polar surface area (TPSA) is 43.4 Å². The van der Waals surface area contributed by atoms with Crippen LogP contribution in [0.5, 0.6) is 0 Å². The van der Waals surface area contributed by atoms with E-state index in [9.17, 15) is 8.42 Å². The van der Waals surface area contributed by atoms with Crippen LogP contribution in [0.3, 0.4) is 0 Å². The SMILES string of the molecule is C/C=C/OS(=O)(=O)c1ccc(C)cc1. The number of allylic oxidation sites excluding steroid dienone is 1. The van der Waals surface area contributed by atoms with Crippen molar-refractivity contribution in [1.82, 2.24) is 0 Å². The second kappa shape index (κ2) is 4.28. The van der Waals surface area contributed by atoms with Gasteiger partial charge in [-0.25, -0.2) is 0 Å². The van der Waals surface area contributed by atoms with Crippen LogP contribution in [0.2, 0.25) is 0 Å². The fourth-order valence-corrected chi connectivity index (χ4v) is 1.73. The van der Waals surface area contributed by atoms with Gasteiger partial charge in [0.25, 0.3) is 0 Å². The zero-order valence-corrected chi connectivity index (χ0v) is 8.91. The van der Waals surface area contributed by atoms with E-state index in [2.05, 4.69) is 4.18 Å². The Morgan fingerprint density at radius 1 is 1.21 bits per heavy atom. The minimum atomic E-state index is -3.63. The van der Waals surface area contributed by atoms with Crippen molar-refractivity contribution < 1.29 is 12.6 Å². The molecule has 0 aliphatic rings. The average Bonchev–Trinajstić information content (AvgIpc) is 2.16. The Morgan fingerprint density at radius 3 is 2.29 bits per heavy atom. The molecule has 0 bridgehead atoms. The van der Waals surface area contributed by atoms with Crippen molar-refractivity contribution in [3.8, 4) is 0 Å². The molecule has 1 aromatic rings. The molecular formula is C10H12O3S. The Kier molecular flexibility index (Phi) is 3.30. The maximum absolute atomic E-state index is 11.4. The van der Waals surface area contributed by atoms with E-state index in [0.717, 1.165) is 11.8 Å². The quantitative estimate of drug-likeness (QED) is 0.570. The lowest BCUT2D eigenvalue weighted by atomic mass is 10.2. The second-order valence-corrected chi connectivity index (χ2v) is 4.40. The van der Waals surface area contributed by atoms with E-state index in [1.807, 2.05) is 6.92 Å². The third-order valence-electron chi connectivity index (χ3n) is 1.63. The molecule has 0 aliphatic heterocycles. The summed E-state index contributed by atoms with van der Waals surface area (Å²) < 4.78 is 27.5. The normalized spacial score (nSPS) is 11.9. The van der Waals surface area contributed by atoms with E-state index >= 15 is 0 Å². The molecule has 0 aliphatic carbocycles. The standard InChI is InChI=1S/C10H12O3S/c1-3-8-13-14(11,12)10-6-4-9(2)5-7-10/h3-8H,1-2H3/b8-3+. The summed E-state index contributed by atoms with van der Waals surface area (Å²) in [6.45, 7) is 3.58. The Labute approximate surface area is 84.1 Å². The minimum absolute atomic E-state index is 0.168. The van der Waals surface area contributed by atoms with E-state index in [-0.39, 0.29) is 4.90 Å². The van der Waals surface area contributed by atoms with Gasteiger partial charge in [-0.2, -0.15) is 8.42 Å². The third-order valence-corrected chi connectivity index (χ3v) is 2.84. The van der Waals surface area contributed by atoms with Crippen LogP contribution in [0.15, 0.2) is 41.5 Å². The summed E-state index contributed by atoms with van der Waals surface area (Å²) in [5, 5.41) is 0. The molecule has 0 amide bonds. The van der Waals surface area contributed by atoms with Crippen molar-refractivity contribution in [3.63, 3.8) is 0 Å². The first-order valence-corrected chi connectivity index (χ1v) is 5.58. The highest BCUT2D eigenvalue weighted by molar-refractivity contribution is 7.86. The molecule has 0 saturated carbocycles. The molecule has 0 heterocycles. The van der Waals surface area contributed by atoms with Gasteiger partial charge in [-0.05, 0) is 26.0 Å². The molecule has 0 N–H and O–H groups in total. The number of benzene rings is 1. The number of hydrogen-bond acceptors (Lipinski definition) is 3. The molecule has 14 heavy (non-hydrogen) atoms. The summed E-state index contributed by atoms with van der Waals surface area (Å²) in [7, 11) is -3.63. The Hall–Kier alpha value is -1.29. The van der Waals surface area contributed by atoms with Gasteiger partial charge in [0, 0.05) is 0 Å². The summed E-state index contributed by atoms with van der Waals surface area (Å²) >= 11 is 0. The average molecular weight is 212 g/mol. The first-order chi connectivity index (χ1) is 6.56. The summed E-state index contributed by atoms with van der Waals surface area (Å²) in [5.41, 5.74) is 1.01. The third kappa shape index (κ3) is 2.60. The highest BCUT2D eigenvalue weighted by Gasteiger charge is 2.12. The fourth-order valence-electron chi connectivity index (χ4n) is 0.889. The van der Waals surface area contributed by atoms with Crippen LogP contribution in [-0.2, 0) is 14.3 Å². The highest BCUT2D eigenvalue weighted by Crippen LogP contribution is 2.13. The summed E-state index contributed by atoms with van der Waals surface area (Å²) in [6.07, 6.45) is 2.67. The molecular weight excluding hydrogens is 200 g/mol. The van der Waals surface area contributed by atoms with E-state index in [0.29, 0.717) is 0 Å². The molecule has 0 aromatic heterocycles. The Bertz CT molecular complexity index is 415. The van der Waals surface area contributed by atoms with Gasteiger partial charge in [0.1, 0.15) is 11.2 Å². The maximum atomic E-state index is 11.4. The van der Waals surface area contributed by atoms with E-state index in [1.165, 1.54) is 18.2 Å². The van der Waals surface area contributed by atoms with Crippen LogP contribution >= 0.6 is 0 Å². The Morgan fingerprint density at radius 2 is 1.79 bits per heavy atom. The van der Waals surface area contributed by atoms with Gasteiger partial charge in [0.15, 0.2) is 0 Å². The molecule has 0 atom stereocenters. The number of rotatable bonds is 3. The van der Waals surface area contributed by atoms with Gasteiger partial charge in [-0.3, -0.25) is 0 Å². The summed E-state index contributed by atoms with van der Waals surface area (Å²) in [5.74, 6) is 0. The predicted molar refractivity (Wildman–Crippen MR) is 54.3 cm³/mol. The molecule has 0 unspecified atom stereocenters. The number of hydrogen-bond donors (Lipinski definition) is 0. The summed E-state index contributed by atoms with van der Waals surface area (Å²) in [4.78, 5) is 0.168. The van der Waals surface area contributed by atoms with Crippen LogP contribution in [-0.4, -0.2) is 8.42 Å². The lowest BCUT2D eigenvalue weighted by Gasteiger charge is -2.02. The number of aryl methyl sites for hydroxylation is 1. The van der Waals surface area contributed by atoms with Gasteiger partial charge in [0.05, 0.1) is 0 Å². The van der Waals surface area contributed by atoms with E-state index < -0.39 is 10.1 Å². The van der Waals surface area contributed by atoms with Crippen LogP contribution in [0.25, 0.3) is 0 Å². The van der Waals surface area contributed by atoms with E-state index in [4.69, 9.17) is 0 Å². The predicted octanol–water partition coefficient (Wildman–Crippen LogP) is 2.23. The van der Waals surface area contributed by atoms with Crippen LogP contribution in [0, 0.1) is 6.92 Å². The molecule has 4 heteroatoms. The minimum Gasteiger partial charge on any atom is -0.387 e. The van der Waals surface area contributed by atoms with Gasteiger partial charge in [-0.1, -0.05) is 23.8 Å². The van der Waals surface area contributed by atoms with Crippen molar-refractivity contribution in [2.45, 2.75) is 18.7 Å². The molecule has 1 aromatic carbocycles. The smallest absolute Gasteiger partial charge is 0.338 e. The van der Waals surface area contributed by atoms with Crippen LogP contribution < -0.4 is 0 Å². The molecule has 3 nitrogen and oxygen atoms in total. The first-order valence-electron chi connectivity index (χ1n) is 4.17. The van der Waals surface area contributed by atoms with Gasteiger partial charge in [-0.15, -0.1) is 0 Å². The van der Waals surface area contributed by atoms with Crippen molar-refractivity contribution >= 4 is 10.1 Å². The largest absolute Gasteiger partial charge is 0.387 e. The Balaban J connectivity index is 2.99. The molecule has 0 fully saturated rings. The molecule has 0 radical (unpaired) electrons. The van der Waals surface area contributed by atoms with Gasteiger partial charge >= 0.3 is 10.1 Å². The zero-order chi connectivity index (χ0) is 10.6. The van der Waals surface area contributed by atoms with Crippen molar-refractivity contribution in [2.24, 2.45) is 0 Å². The van der Waals surface area contributed by atoms with E-state index in [1.54, 1.807) is 19.1 Å². The monoisotopic (exact) mass is 212 g/mol. The summed E-state index contributed by atoms with van der Waals surface area (Å²) in [6, 6.07) is 6.50. The molecule has 0 spiro atoms. The van der Waals surface area contributed by atoms with Gasteiger partial charge in [0.2, 0.25) is 0 Å². The molecule has 76 valence electrons. The van der Waals surface area contributed by atoms with Crippen molar-refractivity contribution in [2.75, 3.05) is 0 Å². The van der Waals surface area contributed by atoms with Crippen molar-refractivity contribution in [1.29, 1.82) is 0 Å². The second-order valence-electron chi connectivity index (χ2n) is 2.83. The van der Waals surface area contributed by atoms with Crippen molar-refractivity contribution in [3.05, 3.63) is 42.2 Å².